The number of rotatable bonds is 6. The summed E-state index contributed by atoms with van der Waals surface area (Å²) in [5.41, 5.74) is 1.65. The van der Waals surface area contributed by atoms with Gasteiger partial charge in [0.15, 0.2) is 6.61 Å². The number of benzene rings is 3. The van der Waals surface area contributed by atoms with Crippen molar-refractivity contribution in [3.63, 3.8) is 0 Å². The number of ether oxygens (including phenoxy) is 1. The smallest absolute Gasteiger partial charge is 0.305 e. The van der Waals surface area contributed by atoms with Gasteiger partial charge in [-0.3, -0.25) is 24.1 Å². The Hall–Kier alpha value is -3.64. The van der Waals surface area contributed by atoms with Crippen molar-refractivity contribution in [3.05, 3.63) is 103 Å². The summed E-state index contributed by atoms with van der Waals surface area (Å²) in [6.07, 6.45) is 0.718. The lowest BCUT2D eigenvalue weighted by molar-refractivity contribution is -0.123. The van der Waals surface area contributed by atoms with Crippen LogP contribution in [-0.4, -0.2) is 34.6 Å². The topological polar surface area (TPSA) is 109 Å². The molecular formula is C33H24Cl2FN3O5S2. The molecule has 7 atom stereocenters. The summed E-state index contributed by atoms with van der Waals surface area (Å²) in [4.78, 5) is 58.3. The van der Waals surface area contributed by atoms with Crippen molar-refractivity contribution in [2.75, 3.05) is 16.8 Å². The fourth-order valence-corrected chi connectivity index (χ4v) is 11.2. The molecule has 6 unspecified atom stereocenters. The quantitative estimate of drug-likeness (QED) is 0.221. The molecule has 3 amide bonds. The lowest BCUT2D eigenvalue weighted by atomic mass is 9.68. The van der Waals surface area contributed by atoms with Gasteiger partial charge in [-0.2, -0.15) is 0 Å². The molecule has 46 heavy (non-hydrogen) atoms. The van der Waals surface area contributed by atoms with Crippen LogP contribution in [0.25, 0.3) is 0 Å². The monoisotopic (exact) mass is 695 g/mol. The largest absolute Gasteiger partial charge is 0.483 e. The van der Waals surface area contributed by atoms with Crippen molar-refractivity contribution in [2.45, 2.75) is 22.6 Å². The van der Waals surface area contributed by atoms with Crippen LogP contribution in [0.2, 0.25) is 10.0 Å². The van der Waals surface area contributed by atoms with Gasteiger partial charge >= 0.3 is 4.87 Å². The second kappa shape index (κ2) is 11.3. The predicted octanol–water partition coefficient (Wildman–Crippen LogP) is 6.58. The zero-order chi connectivity index (χ0) is 31.9. The number of fused-ring (bicyclic) bond motifs is 9. The van der Waals surface area contributed by atoms with Gasteiger partial charge in [0.2, 0.25) is 11.8 Å². The molecule has 1 saturated heterocycles. The van der Waals surface area contributed by atoms with E-state index in [-0.39, 0.29) is 52.2 Å². The molecule has 0 spiro atoms. The average molecular weight is 697 g/mol. The van der Waals surface area contributed by atoms with Crippen LogP contribution in [0, 0.1) is 35.4 Å². The number of nitrogens with zero attached hydrogens (tertiary/aromatic N) is 1. The Balaban J connectivity index is 1.14. The standard InChI is InChI=1S/C33H24Cl2FN3O5S2/c34-14-1-8-18(9-2-14)39-31(41)26-20-12-21(27(26)32(39)42)28-25(20)24(29-30(45-28)38-33(43)46-29)19-11-15(35)3-10-22(19)44-13-23(40)37-17-6-4-16(36)5-7-17/h1-11,20-21,24-28H,12-13H2,(H,37,40)(H,38,43)/t20?,21?,24-,25?,26?,27?,28?/m1/s1. The number of hydrogen-bond acceptors (Lipinski definition) is 7. The van der Waals surface area contributed by atoms with Gasteiger partial charge < -0.3 is 15.0 Å². The van der Waals surface area contributed by atoms with Crippen molar-refractivity contribution in [2.24, 2.45) is 29.6 Å². The first-order valence-corrected chi connectivity index (χ1v) is 17.1. The van der Waals surface area contributed by atoms with E-state index in [2.05, 4.69) is 10.3 Å². The summed E-state index contributed by atoms with van der Waals surface area (Å²) < 4.78 is 19.4. The number of amides is 3. The summed E-state index contributed by atoms with van der Waals surface area (Å²) in [5.74, 6) is -2.39. The molecular weight excluding hydrogens is 672 g/mol. The van der Waals surface area contributed by atoms with E-state index in [1.165, 1.54) is 29.2 Å². The SMILES string of the molecule is O=C(COc1ccc(Cl)cc1[C@H]1c2sc(=O)[nH]c2SC2C3CC(C4C(=O)N(c5ccc(Cl)cc5)C(=O)C34)C21)Nc1ccc(F)cc1. The maximum absolute atomic E-state index is 14.0. The second-order valence-electron chi connectivity index (χ2n) is 12.0. The summed E-state index contributed by atoms with van der Waals surface area (Å²) in [7, 11) is 0. The number of carbonyl (C=O) groups excluding carboxylic acids is 3. The van der Waals surface area contributed by atoms with Crippen molar-refractivity contribution in [1.82, 2.24) is 4.98 Å². The summed E-state index contributed by atoms with van der Waals surface area (Å²) in [5, 5.41) is 4.38. The number of imide groups is 1. The molecule has 1 aromatic heterocycles. The number of H-pyrrole nitrogens is 1. The molecule has 3 aromatic carbocycles. The molecule has 8 rings (SSSR count). The number of nitrogens with one attached hydrogen (secondary N) is 2. The minimum absolute atomic E-state index is 0.0375. The van der Waals surface area contributed by atoms with Crippen LogP contribution in [0.3, 0.4) is 0 Å². The molecule has 13 heteroatoms. The number of carbonyl (C=O) groups is 3. The van der Waals surface area contributed by atoms with E-state index in [1.807, 2.05) is 0 Å². The molecule has 2 saturated carbocycles. The zero-order valence-electron chi connectivity index (χ0n) is 23.7. The molecule has 2 aliphatic carbocycles. The van der Waals surface area contributed by atoms with E-state index < -0.39 is 23.6 Å². The molecule has 3 fully saturated rings. The minimum atomic E-state index is -0.486. The highest BCUT2D eigenvalue weighted by Crippen LogP contribution is 2.69. The lowest BCUT2D eigenvalue weighted by Crippen LogP contribution is -2.42. The minimum Gasteiger partial charge on any atom is -0.483 e. The number of aromatic amines is 1. The van der Waals surface area contributed by atoms with Crippen LogP contribution in [0.4, 0.5) is 15.8 Å². The van der Waals surface area contributed by atoms with Crippen LogP contribution >= 0.6 is 46.3 Å². The first-order valence-electron chi connectivity index (χ1n) is 14.7. The molecule has 2 aliphatic heterocycles. The van der Waals surface area contributed by atoms with Crippen LogP contribution < -0.4 is 19.8 Å². The van der Waals surface area contributed by atoms with Gasteiger partial charge in [0.25, 0.3) is 5.91 Å². The maximum Gasteiger partial charge on any atom is 0.305 e. The maximum atomic E-state index is 14.0. The molecule has 4 aliphatic rings. The zero-order valence-corrected chi connectivity index (χ0v) is 26.9. The highest BCUT2D eigenvalue weighted by atomic mass is 35.5. The average Bonchev–Trinajstić information content (AvgIpc) is 3.77. The van der Waals surface area contributed by atoms with Crippen LogP contribution in [0.15, 0.2) is 76.6 Å². The number of anilines is 2. The first-order chi connectivity index (χ1) is 22.2. The number of thioether (sulfide) groups is 1. The van der Waals surface area contributed by atoms with E-state index >= 15 is 0 Å². The van der Waals surface area contributed by atoms with Gasteiger partial charge in [-0.15, -0.1) is 11.8 Å². The van der Waals surface area contributed by atoms with Gasteiger partial charge in [-0.05, 0) is 90.9 Å². The third-order valence-corrected chi connectivity index (χ3v) is 12.7. The van der Waals surface area contributed by atoms with E-state index in [4.69, 9.17) is 27.9 Å². The molecule has 234 valence electrons. The highest BCUT2D eigenvalue weighted by Gasteiger charge is 2.69. The summed E-state index contributed by atoms with van der Waals surface area (Å²) in [6.45, 7) is -0.322. The fraction of sp³-hybridized carbons (Fsp3) is 0.273. The second-order valence-corrected chi connectivity index (χ2v) is 15.1. The third-order valence-electron chi connectivity index (χ3n) is 9.60. The fourth-order valence-electron chi connectivity index (χ4n) is 7.98. The molecule has 4 aromatic rings. The normalized spacial score (nSPS) is 27.4. The van der Waals surface area contributed by atoms with Crippen molar-refractivity contribution < 1.29 is 23.5 Å². The van der Waals surface area contributed by atoms with Crippen LogP contribution in [-0.2, 0) is 14.4 Å². The van der Waals surface area contributed by atoms with E-state index in [1.54, 1.807) is 54.2 Å². The highest BCUT2D eigenvalue weighted by molar-refractivity contribution is 8.00. The lowest BCUT2D eigenvalue weighted by Gasteiger charge is -2.43. The summed E-state index contributed by atoms with van der Waals surface area (Å²) in [6, 6.07) is 17.3. The van der Waals surface area contributed by atoms with Gasteiger partial charge in [0.05, 0.1) is 22.5 Å². The van der Waals surface area contributed by atoms with Gasteiger partial charge in [-0.1, -0.05) is 34.5 Å². The van der Waals surface area contributed by atoms with Crippen molar-refractivity contribution >= 4 is 75.4 Å². The Morgan fingerprint density at radius 2 is 1.65 bits per heavy atom. The van der Waals surface area contributed by atoms with E-state index in [0.29, 0.717) is 32.7 Å². The van der Waals surface area contributed by atoms with Crippen LogP contribution in [0.5, 0.6) is 5.75 Å². The molecule has 3 heterocycles. The Bertz CT molecular complexity index is 1970. The first kappa shape index (κ1) is 29.7. The van der Waals surface area contributed by atoms with Gasteiger partial charge in [0, 0.05) is 37.3 Å². The summed E-state index contributed by atoms with van der Waals surface area (Å²) >= 11 is 15.3. The number of halogens is 3. The Morgan fingerprint density at radius 3 is 2.39 bits per heavy atom. The number of aromatic nitrogens is 1. The van der Waals surface area contributed by atoms with Crippen molar-refractivity contribution in [3.8, 4) is 5.75 Å². The van der Waals surface area contributed by atoms with Gasteiger partial charge in [-0.25, -0.2) is 4.39 Å². The molecule has 0 radical (unpaired) electrons. The molecule has 2 N–H and O–H groups in total. The Labute approximate surface area is 280 Å². The van der Waals surface area contributed by atoms with E-state index in [0.717, 1.165) is 27.7 Å². The Morgan fingerprint density at radius 1 is 0.957 bits per heavy atom. The predicted molar refractivity (Wildman–Crippen MR) is 174 cm³/mol. The Kier molecular flexibility index (Phi) is 7.28. The molecule has 8 nitrogen and oxygen atoms in total. The third kappa shape index (κ3) is 4.78. The van der Waals surface area contributed by atoms with Gasteiger partial charge in [0.1, 0.15) is 11.6 Å². The van der Waals surface area contributed by atoms with Crippen molar-refractivity contribution in [1.29, 1.82) is 0 Å². The number of hydrogen-bond donors (Lipinski definition) is 2. The van der Waals surface area contributed by atoms with Crippen LogP contribution in [0.1, 0.15) is 22.8 Å². The molecule has 2 bridgehead atoms. The van der Waals surface area contributed by atoms with E-state index in [9.17, 15) is 23.6 Å². The number of thiazole rings is 1.